The van der Waals surface area contributed by atoms with E-state index in [1.807, 2.05) is 6.07 Å². The van der Waals surface area contributed by atoms with Gasteiger partial charge >= 0.3 is 0 Å². The lowest BCUT2D eigenvalue weighted by Crippen LogP contribution is -1.81. The Bertz CT molecular complexity index is 711. The van der Waals surface area contributed by atoms with E-state index >= 15 is 0 Å². The van der Waals surface area contributed by atoms with Crippen molar-refractivity contribution in [2.45, 2.75) is 6.92 Å². The molecular weight excluding hydrogens is 244 g/mol. The van der Waals surface area contributed by atoms with E-state index in [9.17, 15) is 0 Å². The molecule has 0 fully saturated rings. The highest BCUT2D eigenvalue weighted by Crippen LogP contribution is 2.23. The van der Waals surface area contributed by atoms with Gasteiger partial charge in [0.15, 0.2) is 9.78 Å². The normalized spacial score (nSPS) is 11.1. The summed E-state index contributed by atoms with van der Waals surface area (Å²) in [6, 6.07) is 1.94. The van der Waals surface area contributed by atoms with Crippen molar-refractivity contribution < 1.29 is 4.52 Å². The van der Waals surface area contributed by atoms with Crippen molar-refractivity contribution in [2.75, 3.05) is 0 Å². The SMILES string of the molecule is Cc1noc(-c2cnc3[nH]c(=S)sc3c2)n1. The third-order valence-electron chi connectivity index (χ3n) is 2.05. The van der Waals surface area contributed by atoms with Crippen LogP contribution in [0.2, 0.25) is 0 Å². The number of pyridine rings is 1. The quantitative estimate of drug-likeness (QED) is 0.672. The molecule has 16 heavy (non-hydrogen) atoms. The molecule has 0 saturated heterocycles. The van der Waals surface area contributed by atoms with Gasteiger partial charge < -0.3 is 9.51 Å². The molecule has 3 rings (SSSR count). The van der Waals surface area contributed by atoms with Gasteiger partial charge in [0.05, 0.1) is 10.3 Å². The number of aryl methyl sites for hydroxylation is 1. The molecule has 0 unspecified atom stereocenters. The molecule has 0 aliphatic rings. The number of nitrogens with one attached hydrogen (secondary N) is 1. The highest BCUT2D eigenvalue weighted by Gasteiger charge is 2.08. The lowest BCUT2D eigenvalue weighted by Gasteiger charge is -1.92. The van der Waals surface area contributed by atoms with Gasteiger partial charge in [0, 0.05) is 6.20 Å². The Morgan fingerprint density at radius 1 is 1.50 bits per heavy atom. The van der Waals surface area contributed by atoms with Crippen LogP contribution in [0.15, 0.2) is 16.8 Å². The highest BCUT2D eigenvalue weighted by molar-refractivity contribution is 7.73. The molecule has 0 aromatic carbocycles. The zero-order chi connectivity index (χ0) is 11.1. The number of aromatic nitrogens is 4. The van der Waals surface area contributed by atoms with E-state index in [4.69, 9.17) is 16.7 Å². The molecule has 80 valence electrons. The Labute approximate surface area is 99.2 Å². The largest absolute Gasteiger partial charge is 0.334 e. The number of H-pyrrole nitrogens is 1. The molecule has 0 radical (unpaired) electrons. The van der Waals surface area contributed by atoms with Crippen LogP contribution in [0.3, 0.4) is 0 Å². The zero-order valence-electron chi connectivity index (χ0n) is 8.22. The second kappa shape index (κ2) is 3.46. The van der Waals surface area contributed by atoms with E-state index in [1.165, 1.54) is 11.3 Å². The fourth-order valence-corrected chi connectivity index (χ4v) is 2.47. The molecule has 3 aromatic heterocycles. The summed E-state index contributed by atoms with van der Waals surface area (Å²) >= 11 is 6.52. The first-order valence-corrected chi connectivity index (χ1v) is 5.74. The van der Waals surface area contributed by atoms with Gasteiger partial charge in [-0.1, -0.05) is 5.16 Å². The summed E-state index contributed by atoms with van der Waals surface area (Å²) in [5.41, 5.74) is 1.59. The van der Waals surface area contributed by atoms with E-state index in [0.717, 1.165) is 15.9 Å². The third kappa shape index (κ3) is 1.54. The number of hydrogen-bond donors (Lipinski definition) is 1. The third-order valence-corrected chi connectivity index (χ3v) is 3.22. The highest BCUT2D eigenvalue weighted by atomic mass is 32.1. The Balaban J connectivity index is 2.21. The first-order chi connectivity index (χ1) is 7.72. The molecule has 0 bridgehead atoms. The molecular formula is C9H6N4OS2. The minimum Gasteiger partial charge on any atom is -0.334 e. The van der Waals surface area contributed by atoms with Crippen LogP contribution in [0.5, 0.6) is 0 Å². The summed E-state index contributed by atoms with van der Waals surface area (Å²) in [6.45, 7) is 1.78. The van der Waals surface area contributed by atoms with Crippen molar-refractivity contribution in [3.05, 3.63) is 22.0 Å². The molecule has 0 amide bonds. The predicted octanol–water partition coefficient (Wildman–Crippen LogP) is 2.71. The lowest BCUT2D eigenvalue weighted by atomic mass is 10.3. The molecule has 0 aliphatic heterocycles. The summed E-state index contributed by atoms with van der Waals surface area (Å²) < 4.78 is 6.77. The molecule has 3 aromatic rings. The second-order valence-corrected chi connectivity index (χ2v) is 4.95. The van der Waals surface area contributed by atoms with Crippen molar-refractivity contribution >= 4 is 33.9 Å². The Morgan fingerprint density at radius 2 is 2.38 bits per heavy atom. The molecule has 0 aliphatic carbocycles. The number of thiazole rings is 1. The average Bonchev–Trinajstić information content (AvgIpc) is 2.81. The minimum absolute atomic E-state index is 0.478. The summed E-state index contributed by atoms with van der Waals surface area (Å²) in [6.07, 6.45) is 1.69. The Hall–Kier alpha value is -1.60. The van der Waals surface area contributed by atoms with Gasteiger partial charge in [-0.05, 0) is 25.2 Å². The first-order valence-electron chi connectivity index (χ1n) is 4.52. The van der Waals surface area contributed by atoms with Crippen LogP contribution in [0.25, 0.3) is 21.8 Å². The van der Waals surface area contributed by atoms with Crippen LogP contribution >= 0.6 is 23.6 Å². The van der Waals surface area contributed by atoms with E-state index in [1.54, 1.807) is 13.1 Å². The Kier molecular flexibility index (Phi) is 2.08. The van der Waals surface area contributed by atoms with Crippen LogP contribution in [-0.4, -0.2) is 20.1 Å². The fourth-order valence-electron chi connectivity index (χ4n) is 1.37. The number of nitrogens with zero attached hydrogens (tertiary/aromatic N) is 3. The van der Waals surface area contributed by atoms with Gasteiger partial charge in [0.2, 0.25) is 0 Å². The first kappa shape index (κ1) is 9.61. The number of aromatic amines is 1. The van der Waals surface area contributed by atoms with Gasteiger partial charge in [-0.3, -0.25) is 0 Å². The predicted molar refractivity (Wildman–Crippen MR) is 62.8 cm³/mol. The molecule has 7 heteroatoms. The van der Waals surface area contributed by atoms with Gasteiger partial charge in [-0.15, -0.1) is 11.3 Å². The zero-order valence-corrected chi connectivity index (χ0v) is 9.85. The van der Waals surface area contributed by atoms with Crippen molar-refractivity contribution in [1.82, 2.24) is 20.1 Å². The standard InChI is InChI=1S/C9H6N4OS2/c1-4-11-8(14-13-4)5-2-6-7(10-3-5)12-9(15)16-6/h2-3H,1H3,(H,10,12,15). The number of fused-ring (bicyclic) bond motifs is 1. The molecule has 5 nitrogen and oxygen atoms in total. The van der Waals surface area contributed by atoms with E-state index in [2.05, 4.69) is 20.1 Å². The number of rotatable bonds is 1. The lowest BCUT2D eigenvalue weighted by molar-refractivity contribution is 0.425. The Morgan fingerprint density at radius 3 is 3.12 bits per heavy atom. The maximum atomic E-state index is 5.07. The van der Waals surface area contributed by atoms with Crippen molar-refractivity contribution in [3.8, 4) is 11.5 Å². The summed E-state index contributed by atoms with van der Waals surface area (Å²) in [5.74, 6) is 1.09. The van der Waals surface area contributed by atoms with Gasteiger partial charge in [0.1, 0.15) is 5.65 Å². The average molecular weight is 250 g/mol. The van der Waals surface area contributed by atoms with Gasteiger partial charge in [-0.25, -0.2) is 4.98 Å². The molecule has 1 N–H and O–H groups in total. The maximum absolute atomic E-state index is 5.07. The minimum atomic E-state index is 0.478. The van der Waals surface area contributed by atoms with E-state index in [-0.39, 0.29) is 0 Å². The van der Waals surface area contributed by atoms with Crippen LogP contribution in [-0.2, 0) is 0 Å². The van der Waals surface area contributed by atoms with Crippen LogP contribution in [0.4, 0.5) is 0 Å². The van der Waals surface area contributed by atoms with Gasteiger partial charge in [0.25, 0.3) is 5.89 Å². The summed E-state index contributed by atoms with van der Waals surface area (Å²) in [5, 5.41) is 3.74. The van der Waals surface area contributed by atoms with Gasteiger partial charge in [-0.2, -0.15) is 4.98 Å². The second-order valence-electron chi connectivity index (χ2n) is 3.23. The van der Waals surface area contributed by atoms with Crippen LogP contribution in [0.1, 0.15) is 5.82 Å². The van der Waals surface area contributed by atoms with E-state index < -0.39 is 0 Å². The molecule has 0 saturated carbocycles. The van der Waals surface area contributed by atoms with Crippen molar-refractivity contribution in [1.29, 1.82) is 0 Å². The summed E-state index contributed by atoms with van der Waals surface area (Å²) in [4.78, 5) is 11.4. The fraction of sp³-hybridized carbons (Fsp3) is 0.111. The number of hydrogen-bond acceptors (Lipinski definition) is 6. The topological polar surface area (TPSA) is 67.6 Å². The maximum Gasteiger partial charge on any atom is 0.259 e. The smallest absolute Gasteiger partial charge is 0.259 e. The van der Waals surface area contributed by atoms with E-state index in [0.29, 0.717) is 15.7 Å². The van der Waals surface area contributed by atoms with Crippen LogP contribution < -0.4 is 0 Å². The monoisotopic (exact) mass is 250 g/mol. The van der Waals surface area contributed by atoms with Crippen molar-refractivity contribution in [3.63, 3.8) is 0 Å². The van der Waals surface area contributed by atoms with Crippen LogP contribution in [0, 0.1) is 10.9 Å². The summed E-state index contributed by atoms with van der Waals surface area (Å²) in [7, 11) is 0. The molecule has 0 atom stereocenters. The molecule has 3 heterocycles. The van der Waals surface area contributed by atoms with Crippen molar-refractivity contribution in [2.24, 2.45) is 0 Å². The molecule has 0 spiro atoms.